The minimum absolute atomic E-state index is 0.125. The van der Waals surface area contributed by atoms with E-state index >= 15 is 0 Å². The molecule has 7 nitrogen and oxygen atoms in total. The Hall–Kier alpha value is -2.70. The molecule has 0 spiro atoms. The van der Waals surface area contributed by atoms with E-state index in [1.165, 1.54) is 0 Å². The first kappa shape index (κ1) is 16.2. The van der Waals surface area contributed by atoms with Gasteiger partial charge < -0.3 is 9.64 Å². The van der Waals surface area contributed by atoms with Crippen LogP contribution in [0.2, 0.25) is 0 Å². The average Bonchev–Trinajstić information content (AvgIpc) is 3.04. The van der Waals surface area contributed by atoms with Crippen LogP contribution in [0.3, 0.4) is 0 Å². The topological polar surface area (TPSA) is 88.2 Å². The van der Waals surface area contributed by atoms with E-state index < -0.39 is 0 Å². The predicted octanol–water partition coefficient (Wildman–Crippen LogP) is 1.74. The van der Waals surface area contributed by atoms with Crippen molar-refractivity contribution in [2.75, 3.05) is 19.7 Å². The third-order valence-electron chi connectivity index (χ3n) is 4.36. The van der Waals surface area contributed by atoms with Crippen LogP contribution in [-0.4, -0.2) is 51.9 Å². The molecule has 1 atom stereocenters. The van der Waals surface area contributed by atoms with Crippen LogP contribution in [0.15, 0.2) is 30.3 Å². The van der Waals surface area contributed by atoms with E-state index in [2.05, 4.69) is 15.4 Å². The molecule has 0 radical (unpaired) electrons. The summed E-state index contributed by atoms with van der Waals surface area (Å²) in [5.74, 6) is -0.462. The quantitative estimate of drug-likeness (QED) is 0.845. The smallest absolute Gasteiger partial charge is 0.309 e. The van der Waals surface area contributed by atoms with Crippen LogP contribution in [0.4, 0.5) is 0 Å². The molecule has 24 heavy (non-hydrogen) atoms. The lowest BCUT2D eigenvalue weighted by Gasteiger charge is -2.41. The second-order valence-corrected chi connectivity index (χ2v) is 5.90. The Morgan fingerprint density at radius 3 is 2.67 bits per heavy atom. The van der Waals surface area contributed by atoms with Crippen LogP contribution in [0, 0.1) is 11.8 Å². The van der Waals surface area contributed by atoms with Crippen molar-refractivity contribution in [1.82, 2.24) is 20.3 Å². The summed E-state index contributed by atoms with van der Waals surface area (Å²) in [5.41, 5.74) is 1.69. The molecule has 126 valence electrons. The standard InChI is InChI=1S/C17H20N4O3/c1-3-24-17(23)11(2)13-9-21(10-13)16(22)15-14(18-20-19-15)12-7-5-4-6-8-12/h4-8,11,13H,3,9-10H2,1-2H3,(H,18,19,20). The maximum atomic E-state index is 12.6. The molecule has 1 amide bonds. The molecule has 1 aliphatic rings. The summed E-state index contributed by atoms with van der Waals surface area (Å²) < 4.78 is 5.04. The monoisotopic (exact) mass is 328 g/mol. The summed E-state index contributed by atoms with van der Waals surface area (Å²) in [6.07, 6.45) is 0. The molecule has 2 heterocycles. The van der Waals surface area contributed by atoms with Crippen molar-refractivity contribution in [1.29, 1.82) is 0 Å². The number of carbonyl (C=O) groups is 2. The van der Waals surface area contributed by atoms with Gasteiger partial charge in [0.05, 0.1) is 12.5 Å². The van der Waals surface area contributed by atoms with Crippen LogP contribution < -0.4 is 0 Å². The number of hydrogen-bond donors (Lipinski definition) is 1. The number of esters is 1. The first-order valence-electron chi connectivity index (χ1n) is 8.04. The first-order chi connectivity index (χ1) is 11.6. The van der Waals surface area contributed by atoms with Crippen LogP contribution in [0.1, 0.15) is 24.3 Å². The number of nitrogens with zero attached hydrogens (tertiary/aromatic N) is 3. The maximum Gasteiger partial charge on any atom is 0.309 e. The first-order valence-corrected chi connectivity index (χ1v) is 8.04. The zero-order valence-corrected chi connectivity index (χ0v) is 13.7. The van der Waals surface area contributed by atoms with Gasteiger partial charge in [0.2, 0.25) is 0 Å². The highest BCUT2D eigenvalue weighted by molar-refractivity contribution is 5.98. The van der Waals surface area contributed by atoms with Gasteiger partial charge in [0.25, 0.3) is 5.91 Å². The number of aromatic nitrogens is 3. The number of rotatable bonds is 5. The number of H-pyrrole nitrogens is 1. The largest absolute Gasteiger partial charge is 0.466 e. The highest BCUT2D eigenvalue weighted by Gasteiger charge is 2.39. The number of nitrogens with one attached hydrogen (secondary N) is 1. The summed E-state index contributed by atoms with van der Waals surface area (Å²) >= 11 is 0. The van der Waals surface area contributed by atoms with Crippen LogP contribution in [0.5, 0.6) is 0 Å². The van der Waals surface area contributed by atoms with Gasteiger partial charge >= 0.3 is 5.97 Å². The summed E-state index contributed by atoms with van der Waals surface area (Å²) in [6, 6.07) is 9.45. The minimum atomic E-state index is -0.208. The SMILES string of the molecule is CCOC(=O)C(C)C1CN(C(=O)c2n[nH]nc2-c2ccccc2)C1. The van der Waals surface area contributed by atoms with Gasteiger partial charge in [0, 0.05) is 24.6 Å². The Balaban J connectivity index is 1.66. The highest BCUT2D eigenvalue weighted by atomic mass is 16.5. The van der Waals surface area contributed by atoms with E-state index in [4.69, 9.17) is 4.74 Å². The molecule has 1 aromatic heterocycles. The molecule has 1 aliphatic heterocycles. The third-order valence-corrected chi connectivity index (χ3v) is 4.36. The maximum absolute atomic E-state index is 12.6. The Bertz CT molecular complexity index is 722. The predicted molar refractivity (Wildman–Crippen MR) is 87.0 cm³/mol. The Morgan fingerprint density at radius 2 is 2.00 bits per heavy atom. The van der Waals surface area contributed by atoms with Crippen LogP contribution in [0.25, 0.3) is 11.3 Å². The van der Waals surface area contributed by atoms with Gasteiger partial charge in [-0.05, 0) is 6.92 Å². The van der Waals surface area contributed by atoms with Gasteiger partial charge in [-0.3, -0.25) is 9.59 Å². The molecule has 3 rings (SSSR count). The van der Waals surface area contributed by atoms with Crippen molar-refractivity contribution in [2.24, 2.45) is 11.8 Å². The number of ether oxygens (including phenoxy) is 1. The Kier molecular flexibility index (Phi) is 4.59. The fourth-order valence-corrected chi connectivity index (χ4v) is 2.79. The van der Waals surface area contributed by atoms with Gasteiger partial charge in [-0.25, -0.2) is 0 Å². The van der Waals surface area contributed by atoms with E-state index in [1.807, 2.05) is 37.3 Å². The lowest BCUT2D eigenvalue weighted by molar-refractivity contribution is -0.151. The Morgan fingerprint density at radius 1 is 1.29 bits per heavy atom. The molecule has 0 aliphatic carbocycles. The van der Waals surface area contributed by atoms with Crippen molar-refractivity contribution in [3.05, 3.63) is 36.0 Å². The molecule has 7 heteroatoms. The highest BCUT2D eigenvalue weighted by Crippen LogP contribution is 2.28. The summed E-state index contributed by atoms with van der Waals surface area (Å²) in [7, 11) is 0. The number of aromatic amines is 1. The second-order valence-electron chi connectivity index (χ2n) is 5.90. The lowest BCUT2D eigenvalue weighted by Crippen LogP contribution is -2.53. The van der Waals surface area contributed by atoms with Gasteiger partial charge in [0.1, 0.15) is 5.69 Å². The summed E-state index contributed by atoms with van der Waals surface area (Å²) in [5, 5.41) is 10.6. The zero-order chi connectivity index (χ0) is 17.1. The minimum Gasteiger partial charge on any atom is -0.466 e. The summed E-state index contributed by atoms with van der Waals surface area (Å²) in [4.78, 5) is 26.1. The fourth-order valence-electron chi connectivity index (χ4n) is 2.79. The van der Waals surface area contributed by atoms with E-state index in [9.17, 15) is 9.59 Å². The van der Waals surface area contributed by atoms with Gasteiger partial charge in [-0.15, -0.1) is 0 Å². The average molecular weight is 328 g/mol. The van der Waals surface area contributed by atoms with Crippen LogP contribution in [-0.2, 0) is 9.53 Å². The second kappa shape index (κ2) is 6.82. The van der Waals surface area contributed by atoms with E-state index in [0.29, 0.717) is 31.1 Å². The Labute approximate surface area is 140 Å². The number of amides is 1. The zero-order valence-electron chi connectivity index (χ0n) is 13.7. The van der Waals surface area contributed by atoms with E-state index in [-0.39, 0.29) is 23.7 Å². The van der Waals surface area contributed by atoms with Crippen LogP contribution >= 0.6 is 0 Å². The van der Waals surface area contributed by atoms with Crippen molar-refractivity contribution in [3.63, 3.8) is 0 Å². The molecule has 0 saturated carbocycles. The van der Waals surface area contributed by atoms with Gasteiger partial charge in [-0.2, -0.15) is 15.4 Å². The molecule has 1 N–H and O–H groups in total. The molecule has 1 unspecified atom stereocenters. The number of carbonyl (C=O) groups excluding carboxylic acids is 2. The molecule has 1 aromatic carbocycles. The van der Waals surface area contributed by atoms with Crippen molar-refractivity contribution >= 4 is 11.9 Å². The lowest BCUT2D eigenvalue weighted by atomic mass is 9.86. The number of hydrogen-bond acceptors (Lipinski definition) is 5. The van der Waals surface area contributed by atoms with E-state index in [0.717, 1.165) is 5.56 Å². The van der Waals surface area contributed by atoms with Gasteiger partial charge in [-0.1, -0.05) is 37.3 Å². The number of likely N-dealkylation sites (tertiary alicyclic amines) is 1. The van der Waals surface area contributed by atoms with Crippen molar-refractivity contribution < 1.29 is 14.3 Å². The molecule has 1 fully saturated rings. The third kappa shape index (κ3) is 3.02. The fraction of sp³-hybridized carbons (Fsp3) is 0.412. The summed E-state index contributed by atoms with van der Waals surface area (Å²) in [6.45, 7) is 5.06. The molecule has 1 saturated heterocycles. The van der Waals surface area contributed by atoms with E-state index in [1.54, 1.807) is 11.8 Å². The van der Waals surface area contributed by atoms with Crippen molar-refractivity contribution in [2.45, 2.75) is 13.8 Å². The van der Waals surface area contributed by atoms with Gasteiger partial charge in [0.15, 0.2) is 5.69 Å². The molecular weight excluding hydrogens is 308 g/mol. The van der Waals surface area contributed by atoms with Crippen molar-refractivity contribution in [3.8, 4) is 11.3 Å². The number of benzene rings is 1. The molecular formula is C17H20N4O3. The molecule has 0 bridgehead atoms. The normalized spacial score (nSPS) is 15.7. The molecule has 2 aromatic rings.